The van der Waals surface area contributed by atoms with Crippen LogP contribution < -0.4 is 0 Å². The van der Waals surface area contributed by atoms with Crippen molar-refractivity contribution in [3.8, 4) is 0 Å². The average molecular weight is 377 g/mol. The Morgan fingerprint density at radius 2 is 1.54 bits per heavy atom. The van der Waals surface area contributed by atoms with E-state index in [2.05, 4.69) is 19.1 Å². The lowest BCUT2D eigenvalue weighted by Gasteiger charge is -2.38. The molecule has 2 aliphatic rings. The molecule has 0 radical (unpaired) electrons. The van der Waals surface area contributed by atoms with Crippen molar-refractivity contribution < 1.29 is 4.39 Å². The SMILES string of the molecule is CCCCC1CCC(C2CCC(C(F)CSc3ccccc3)CC2)CC1. The lowest BCUT2D eigenvalue weighted by molar-refractivity contribution is 0.114. The number of thioether (sulfide) groups is 1. The Balaban J connectivity index is 1.35. The molecular formula is C24H37FS. The number of hydrogen-bond donors (Lipinski definition) is 0. The molecule has 2 aliphatic carbocycles. The molecule has 2 heteroatoms. The third kappa shape index (κ3) is 6.01. The molecule has 0 aromatic heterocycles. The molecule has 0 bridgehead atoms. The Hall–Kier alpha value is -0.500. The maximum atomic E-state index is 14.7. The van der Waals surface area contributed by atoms with Gasteiger partial charge in [0.2, 0.25) is 0 Å². The largest absolute Gasteiger partial charge is 0.246 e. The molecule has 1 aromatic rings. The molecule has 0 amide bonds. The van der Waals surface area contributed by atoms with Crippen LogP contribution in [0.25, 0.3) is 0 Å². The van der Waals surface area contributed by atoms with Gasteiger partial charge < -0.3 is 0 Å². The van der Waals surface area contributed by atoms with Gasteiger partial charge in [0.15, 0.2) is 0 Å². The maximum Gasteiger partial charge on any atom is 0.112 e. The lowest BCUT2D eigenvalue weighted by atomic mass is 9.68. The molecule has 0 aliphatic heterocycles. The first-order valence-corrected chi connectivity index (χ1v) is 12.1. The zero-order valence-corrected chi connectivity index (χ0v) is 17.4. The van der Waals surface area contributed by atoms with Crippen LogP contribution in [0.1, 0.15) is 77.6 Å². The second-order valence-electron chi connectivity index (χ2n) is 8.74. The summed E-state index contributed by atoms with van der Waals surface area (Å²) in [6.45, 7) is 2.31. The molecule has 1 aromatic carbocycles. The molecule has 0 N–H and O–H groups in total. The average Bonchev–Trinajstić information content (AvgIpc) is 2.72. The fraction of sp³-hybridized carbons (Fsp3) is 0.750. The molecule has 146 valence electrons. The van der Waals surface area contributed by atoms with E-state index in [4.69, 9.17) is 0 Å². The molecule has 0 spiro atoms. The minimum absolute atomic E-state index is 0.309. The van der Waals surface area contributed by atoms with Crippen LogP contribution >= 0.6 is 11.8 Å². The highest BCUT2D eigenvalue weighted by molar-refractivity contribution is 7.99. The van der Waals surface area contributed by atoms with E-state index in [-0.39, 0.29) is 0 Å². The molecule has 0 saturated heterocycles. The summed E-state index contributed by atoms with van der Waals surface area (Å²) >= 11 is 1.68. The number of alkyl halides is 1. The molecule has 1 atom stereocenters. The second kappa shape index (κ2) is 10.7. The van der Waals surface area contributed by atoms with Crippen LogP contribution in [0.15, 0.2) is 35.2 Å². The van der Waals surface area contributed by atoms with Crippen molar-refractivity contribution in [2.75, 3.05) is 5.75 Å². The third-order valence-electron chi connectivity index (χ3n) is 7.00. The van der Waals surface area contributed by atoms with Crippen molar-refractivity contribution >= 4 is 11.8 Å². The van der Waals surface area contributed by atoms with Crippen LogP contribution in [-0.4, -0.2) is 11.9 Å². The fourth-order valence-corrected chi connectivity index (χ4v) is 6.22. The molecule has 2 saturated carbocycles. The molecule has 0 nitrogen and oxygen atoms in total. The molecule has 3 rings (SSSR count). The van der Waals surface area contributed by atoms with E-state index in [0.29, 0.717) is 11.7 Å². The summed E-state index contributed by atoms with van der Waals surface area (Å²) < 4.78 is 14.7. The number of hydrogen-bond acceptors (Lipinski definition) is 1. The number of benzene rings is 1. The molecule has 2 fully saturated rings. The van der Waals surface area contributed by atoms with E-state index in [0.717, 1.165) is 30.6 Å². The Morgan fingerprint density at radius 1 is 0.923 bits per heavy atom. The summed E-state index contributed by atoms with van der Waals surface area (Å²) in [7, 11) is 0. The van der Waals surface area contributed by atoms with Gasteiger partial charge in [0, 0.05) is 10.6 Å². The van der Waals surface area contributed by atoms with Gasteiger partial charge in [-0.1, -0.05) is 57.2 Å². The minimum atomic E-state index is -0.633. The summed E-state index contributed by atoms with van der Waals surface area (Å²) in [6, 6.07) is 10.3. The van der Waals surface area contributed by atoms with Gasteiger partial charge in [0.1, 0.15) is 6.17 Å². The minimum Gasteiger partial charge on any atom is -0.246 e. The van der Waals surface area contributed by atoms with Crippen molar-refractivity contribution in [3.63, 3.8) is 0 Å². The van der Waals surface area contributed by atoms with Crippen LogP contribution in [0, 0.1) is 23.7 Å². The van der Waals surface area contributed by atoms with Crippen LogP contribution in [0.5, 0.6) is 0 Å². The highest BCUT2D eigenvalue weighted by Crippen LogP contribution is 2.43. The van der Waals surface area contributed by atoms with Crippen molar-refractivity contribution in [2.24, 2.45) is 23.7 Å². The van der Waals surface area contributed by atoms with Gasteiger partial charge in [-0.15, -0.1) is 11.8 Å². The van der Waals surface area contributed by atoms with E-state index in [9.17, 15) is 4.39 Å². The predicted octanol–water partition coefficient (Wildman–Crippen LogP) is 7.92. The summed E-state index contributed by atoms with van der Waals surface area (Å²) in [5.74, 6) is 3.79. The van der Waals surface area contributed by atoms with Crippen LogP contribution in [0.2, 0.25) is 0 Å². The van der Waals surface area contributed by atoms with Gasteiger partial charge in [0.25, 0.3) is 0 Å². The zero-order valence-electron chi connectivity index (χ0n) is 16.5. The van der Waals surface area contributed by atoms with E-state index >= 15 is 0 Å². The summed E-state index contributed by atoms with van der Waals surface area (Å²) in [6.07, 6.45) is 14.2. The van der Waals surface area contributed by atoms with Gasteiger partial charge in [-0.05, 0) is 74.3 Å². The smallest absolute Gasteiger partial charge is 0.112 e. The Labute approximate surface area is 164 Å². The first-order valence-electron chi connectivity index (χ1n) is 11.1. The van der Waals surface area contributed by atoms with E-state index < -0.39 is 6.17 Å². The van der Waals surface area contributed by atoms with E-state index in [1.807, 2.05) is 18.2 Å². The quantitative estimate of drug-likeness (QED) is 0.415. The molecule has 1 unspecified atom stereocenters. The van der Waals surface area contributed by atoms with Crippen LogP contribution in [0.4, 0.5) is 4.39 Å². The fourth-order valence-electron chi connectivity index (χ4n) is 5.25. The van der Waals surface area contributed by atoms with Crippen LogP contribution in [-0.2, 0) is 0 Å². The predicted molar refractivity (Wildman–Crippen MR) is 112 cm³/mol. The van der Waals surface area contributed by atoms with Crippen molar-refractivity contribution in [1.29, 1.82) is 0 Å². The van der Waals surface area contributed by atoms with Crippen LogP contribution in [0.3, 0.4) is 0 Å². The Morgan fingerprint density at radius 3 is 2.15 bits per heavy atom. The van der Waals surface area contributed by atoms with Gasteiger partial charge >= 0.3 is 0 Å². The molecular weight excluding hydrogens is 339 g/mol. The van der Waals surface area contributed by atoms with Crippen molar-refractivity contribution in [3.05, 3.63) is 30.3 Å². The van der Waals surface area contributed by atoms with E-state index in [1.165, 1.54) is 62.7 Å². The van der Waals surface area contributed by atoms with Gasteiger partial charge in [-0.2, -0.15) is 0 Å². The van der Waals surface area contributed by atoms with Gasteiger partial charge in [-0.25, -0.2) is 4.39 Å². The number of rotatable bonds is 8. The second-order valence-corrected chi connectivity index (χ2v) is 9.83. The van der Waals surface area contributed by atoms with Gasteiger partial charge in [-0.3, -0.25) is 0 Å². The Bertz CT molecular complexity index is 486. The summed E-state index contributed by atoms with van der Waals surface area (Å²) in [5.41, 5.74) is 0. The Kier molecular flexibility index (Phi) is 8.36. The first kappa shape index (κ1) is 20.2. The molecule has 26 heavy (non-hydrogen) atoms. The lowest BCUT2D eigenvalue weighted by Crippen LogP contribution is -2.29. The highest BCUT2D eigenvalue weighted by Gasteiger charge is 2.33. The number of unbranched alkanes of at least 4 members (excludes halogenated alkanes) is 1. The standard InChI is InChI=1S/C24H37FS/c1-2-3-7-19-10-12-20(13-11-19)21-14-16-22(17-15-21)24(25)18-26-23-8-5-4-6-9-23/h4-6,8-9,19-22,24H,2-3,7,10-18H2,1H3. The summed E-state index contributed by atoms with van der Waals surface area (Å²) in [5, 5.41) is 0. The zero-order chi connectivity index (χ0) is 18.2. The first-order chi connectivity index (χ1) is 12.8. The third-order valence-corrected chi connectivity index (χ3v) is 8.10. The topological polar surface area (TPSA) is 0 Å². The monoisotopic (exact) mass is 376 g/mol. The van der Waals surface area contributed by atoms with E-state index in [1.54, 1.807) is 11.8 Å². The highest BCUT2D eigenvalue weighted by atomic mass is 32.2. The van der Waals surface area contributed by atoms with Crippen molar-refractivity contribution in [2.45, 2.75) is 88.6 Å². The summed E-state index contributed by atoms with van der Waals surface area (Å²) in [4.78, 5) is 1.20. The van der Waals surface area contributed by atoms with Gasteiger partial charge in [0.05, 0.1) is 0 Å². The molecule has 0 heterocycles. The maximum absolute atomic E-state index is 14.7. The van der Waals surface area contributed by atoms with Crippen molar-refractivity contribution in [1.82, 2.24) is 0 Å². The normalized spacial score (nSPS) is 30.8. The number of halogens is 1.